The van der Waals surface area contributed by atoms with Crippen LogP contribution in [0.5, 0.6) is 0 Å². The molecule has 1 aromatic carbocycles. The van der Waals surface area contributed by atoms with Gasteiger partial charge in [0, 0.05) is 18.7 Å². The SMILES string of the molecule is C=CCN(CC(F)(F)F)C(=O)CCc1c(C)nn(Cc2ccc(C)cc2)c1C. The highest BCUT2D eigenvalue weighted by atomic mass is 19.4. The van der Waals surface area contributed by atoms with Crippen molar-refractivity contribution in [1.82, 2.24) is 14.7 Å². The zero-order chi connectivity index (χ0) is 20.9. The molecule has 7 heteroatoms. The van der Waals surface area contributed by atoms with Gasteiger partial charge >= 0.3 is 6.18 Å². The van der Waals surface area contributed by atoms with Crippen molar-refractivity contribution in [3.05, 3.63) is 65.0 Å². The number of aromatic nitrogens is 2. The van der Waals surface area contributed by atoms with Crippen LogP contribution in [0.3, 0.4) is 0 Å². The van der Waals surface area contributed by atoms with Crippen molar-refractivity contribution in [2.45, 2.75) is 46.3 Å². The molecule has 152 valence electrons. The highest BCUT2D eigenvalue weighted by Gasteiger charge is 2.32. The Bertz CT molecular complexity index is 823. The van der Waals surface area contributed by atoms with Gasteiger partial charge in [-0.15, -0.1) is 6.58 Å². The molecule has 0 aliphatic rings. The molecule has 0 N–H and O–H groups in total. The first-order valence-corrected chi connectivity index (χ1v) is 9.14. The number of alkyl halides is 3. The van der Waals surface area contributed by atoms with Gasteiger partial charge in [0.05, 0.1) is 12.2 Å². The van der Waals surface area contributed by atoms with Crippen LogP contribution in [0.4, 0.5) is 13.2 Å². The summed E-state index contributed by atoms with van der Waals surface area (Å²) < 4.78 is 39.9. The lowest BCUT2D eigenvalue weighted by molar-refractivity contribution is -0.160. The smallest absolute Gasteiger partial charge is 0.330 e. The van der Waals surface area contributed by atoms with Gasteiger partial charge in [-0.3, -0.25) is 9.48 Å². The van der Waals surface area contributed by atoms with Crippen molar-refractivity contribution in [2.24, 2.45) is 0 Å². The summed E-state index contributed by atoms with van der Waals surface area (Å²) in [6, 6.07) is 8.16. The van der Waals surface area contributed by atoms with Crippen LogP contribution in [0.15, 0.2) is 36.9 Å². The lowest BCUT2D eigenvalue weighted by Gasteiger charge is -2.22. The molecular weight excluding hydrogens is 367 g/mol. The Kier molecular flexibility index (Phi) is 7.05. The number of carbonyl (C=O) groups is 1. The lowest BCUT2D eigenvalue weighted by Crippen LogP contribution is -2.39. The minimum Gasteiger partial charge on any atom is -0.330 e. The van der Waals surface area contributed by atoms with Gasteiger partial charge in [0.2, 0.25) is 5.91 Å². The zero-order valence-electron chi connectivity index (χ0n) is 16.5. The van der Waals surface area contributed by atoms with E-state index in [0.29, 0.717) is 13.0 Å². The van der Waals surface area contributed by atoms with E-state index in [2.05, 4.69) is 11.7 Å². The fourth-order valence-corrected chi connectivity index (χ4v) is 3.13. The minimum atomic E-state index is -4.43. The second-order valence-corrected chi connectivity index (χ2v) is 6.97. The minimum absolute atomic E-state index is 0.00181. The molecule has 0 saturated carbocycles. The van der Waals surface area contributed by atoms with Gasteiger partial charge < -0.3 is 4.90 Å². The predicted molar refractivity (Wildman–Crippen MR) is 103 cm³/mol. The Hall–Kier alpha value is -2.57. The molecular formula is C21H26F3N3O. The van der Waals surface area contributed by atoms with E-state index in [1.807, 2.05) is 49.7 Å². The zero-order valence-corrected chi connectivity index (χ0v) is 16.5. The Morgan fingerprint density at radius 1 is 1.21 bits per heavy atom. The van der Waals surface area contributed by atoms with Crippen LogP contribution < -0.4 is 0 Å². The Morgan fingerprint density at radius 3 is 2.43 bits per heavy atom. The van der Waals surface area contributed by atoms with Crippen molar-refractivity contribution in [2.75, 3.05) is 13.1 Å². The second-order valence-electron chi connectivity index (χ2n) is 6.97. The molecule has 0 aliphatic carbocycles. The average molecular weight is 393 g/mol. The standard InChI is InChI=1S/C21H26F3N3O/c1-5-12-26(14-21(22,23)24)20(28)11-10-19-16(3)25-27(17(19)4)13-18-8-6-15(2)7-9-18/h5-9H,1,10-14H2,2-4H3. The number of halogens is 3. The van der Waals surface area contributed by atoms with Gasteiger partial charge in [-0.05, 0) is 38.3 Å². The molecule has 1 heterocycles. The summed E-state index contributed by atoms with van der Waals surface area (Å²) in [6.45, 7) is 8.46. The summed E-state index contributed by atoms with van der Waals surface area (Å²) in [7, 11) is 0. The molecule has 0 saturated heterocycles. The maximum atomic E-state index is 12.7. The highest BCUT2D eigenvalue weighted by molar-refractivity contribution is 5.76. The van der Waals surface area contributed by atoms with Gasteiger partial charge in [0.1, 0.15) is 6.54 Å². The van der Waals surface area contributed by atoms with Gasteiger partial charge in [-0.25, -0.2) is 0 Å². The van der Waals surface area contributed by atoms with Crippen molar-refractivity contribution in [3.8, 4) is 0 Å². The van der Waals surface area contributed by atoms with Crippen LogP contribution in [0.1, 0.15) is 34.5 Å². The third kappa shape index (κ3) is 5.97. The van der Waals surface area contributed by atoms with E-state index in [4.69, 9.17) is 0 Å². The van der Waals surface area contributed by atoms with E-state index in [0.717, 1.165) is 27.4 Å². The predicted octanol–water partition coefficient (Wildman–Crippen LogP) is 4.37. The van der Waals surface area contributed by atoms with Crippen LogP contribution in [-0.4, -0.2) is 39.9 Å². The van der Waals surface area contributed by atoms with Crippen LogP contribution in [0.25, 0.3) is 0 Å². The number of hydrogen-bond acceptors (Lipinski definition) is 2. The van der Waals surface area contributed by atoms with E-state index in [-0.39, 0.29) is 13.0 Å². The number of aryl methyl sites for hydroxylation is 2. The molecule has 0 atom stereocenters. The van der Waals surface area contributed by atoms with Crippen molar-refractivity contribution in [3.63, 3.8) is 0 Å². The summed E-state index contributed by atoms with van der Waals surface area (Å²) >= 11 is 0. The van der Waals surface area contributed by atoms with Gasteiger partial charge in [-0.2, -0.15) is 18.3 Å². The molecule has 2 rings (SSSR count). The molecule has 0 bridgehead atoms. The fraction of sp³-hybridized carbons (Fsp3) is 0.429. The Balaban J connectivity index is 2.07. The second kappa shape index (κ2) is 9.08. The number of rotatable bonds is 8. The average Bonchev–Trinajstić information content (AvgIpc) is 2.87. The number of carbonyl (C=O) groups excluding carboxylic acids is 1. The molecule has 1 amide bonds. The maximum absolute atomic E-state index is 12.7. The third-order valence-corrected chi connectivity index (χ3v) is 4.65. The number of hydrogen-bond donors (Lipinski definition) is 0. The highest BCUT2D eigenvalue weighted by Crippen LogP contribution is 2.20. The Labute approximate surface area is 163 Å². The van der Waals surface area contributed by atoms with E-state index in [1.165, 1.54) is 11.6 Å². The van der Waals surface area contributed by atoms with Crippen LogP contribution in [-0.2, 0) is 17.8 Å². The molecule has 28 heavy (non-hydrogen) atoms. The molecule has 1 aromatic heterocycles. The van der Waals surface area contributed by atoms with Crippen LogP contribution in [0.2, 0.25) is 0 Å². The Morgan fingerprint density at radius 2 is 1.86 bits per heavy atom. The molecule has 0 radical (unpaired) electrons. The summed E-state index contributed by atoms with van der Waals surface area (Å²) in [5.74, 6) is -0.540. The molecule has 2 aromatic rings. The number of benzene rings is 1. The van der Waals surface area contributed by atoms with Gasteiger partial charge in [0.15, 0.2) is 0 Å². The first-order valence-electron chi connectivity index (χ1n) is 9.14. The number of nitrogens with zero attached hydrogens (tertiary/aromatic N) is 3. The lowest BCUT2D eigenvalue weighted by atomic mass is 10.1. The first-order chi connectivity index (χ1) is 13.1. The van der Waals surface area contributed by atoms with E-state index in [9.17, 15) is 18.0 Å². The molecule has 0 aliphatic heterocycles. The summed E-state index contributed by atoms with van der Waals surface area (Å²) in [6.07, 6.45) is -2.76. The quantitative estimate of drug-likeness (QED) is 0.625. The van der Waals surface area contributed by atoms with E-state index in [1.54, 1.807) is 0 Å². The molecule has 0 spiro atoms. The maximum Gasteiger partial charge on any atom is 0.406 e. The summed E-state index contributed by atoms with van der Waals surface area (Å²) in [5, 5.41) is 4.54. The van der Waals surface area contributed by atoms with E-state index < -0.39 is 18.6 Å². The number of amides is 1. The van der Waals surface area contributed by atoms with Crippen molar-refractivity contribution < 1.29 is 18.0 Å². The summed E-state index contributed by atoms with van der Waals surface area (Å²) in [4.78, 5) is 13.1. The monoisotopic (exact) mass is 393 g/mol. The first kappa shape index (κ1) is 21.7. The third-order valence-electron chi connectivity index (χ3n) is 4.65. The summed E-state index contributed by atoms with van der Waals surface area (Å²) in [5.41, 5.74) is 4.92. The fourth-order valence-electron chi connectivity index (χ4n) is 3.13. The molecule has 4 nitrogen and oxygen atoms in total. The van der Waals surface area contributed by atoms with E-state index >= 15 is 0 Å². The van der Waals surface area contributed by atoms with Crippen molar-refractivity contribution in [1.29, 1.82) is 0 Å². The van der Waals surface area contributed by atoms with Gasteiger partial charge in [0.25, 0.3) is 0 Å². The van der Waals surface area contributed by atoms with Crippen molar-refractivity contribution >= 4 is 5.91 Å². The normalized spacial score (nSPS) is 11.5. The van der Waals surface area contributed by atoms with Crippen LogP contribution in [0, 0.1) is 20.8 Å². The molecule has 0 unspecified atom stereocenters. The largest absolute Gasteiger partial charge is 0.406 e. The van der Waals surface area contributed by atoms with Crippen LogP contribution >= 0.6 is 0 Å². The molecule has 0 fully saturated rings. The topological polar surface area (TPSA) is 38.1 Å². The van der Waals surface area contributed by atoms with Gasteiger partial charge in [-0.1, -0.05) is 35.9 Å².